The molecule has 1 aromatic rings. The van der Waals surface area contributed by atoms with Crippen LogP contribution in [-0.4, -0.2) is 17.8 Å². The van der Waals surface area contributed by atoms with Gasteiger partial charge in [-0.3, -0.25) is 4.79 Å². The molecule has 0 saturated carbocycles. The number of amides is 1. The van der Waals surface area contributed by atoms with Crippen LogP contribution in [0.15, 0.2) is 14.3 Å². The van der Waals surface area contributed by atoms with E-state index in [2.05, 4.69) is 53.1 Å². The van der Waals surface area contributed by atoms with Crippen LogP contribution in [-0.2, 0) is 0 Å². The van der Waals surface area contributed by atoms with Gasteiger partial charge in [0.05, 0.1) is 8.66 Å². The summed E-state index contributed by atoms with van der Waals surface area (Å²) in [6.07, 6.45) is 0.944. The van der Waals surface area contributed by atoms with E-state index in [9.17, 15) is 4.79 Å². The van der Waals surface area contributed by atoms with Crippen molar-refractivity contribution in [2.45, 2.75) is 6.42 Å². The molecule has 0 aliphatic rings. The van der Waals surface area contributed by atoms with Crippen LogP contribution in [0.3, 0.4) is 0 Å². The number of halogens is 3. The Kier molecular flexibility index (Phi) is 5.66. The molecule has 0 aromatic carbocycles. The van der Waals surface area contributed by atoms with Gasteiger partial charge in [-0.2, -0.15) is 0 Å². The summed E-state index contributed by atoms with van der Waals surface area (Å²) in [6, 6.07) is 1.82. The lowest BCUT2D eigenvalue weighted by molar-refractivity contribution is 0.0958. The summed E-state index contributed by atoms with van der Waals surface area (Å²) in [5, 5.41) is 3.75. The molecule has 0 bridgehead atoms. The monoisotopic (exact) mass is 403 g/mol. The summed E-state index contributed by atoms with van der Waals surface area (Å²) in [5.41, 5.74) is 0. The van der Waals surface area contributed by atoms with Gasteiger partial charge in [-0.25, -0.2) is 0 Å². The van der Waals surface area contributed by atoms with Crippen molar-refractivity contribution in [3.05, 3.63) is 19.2 Å². The Hall–Kier alpha value is 0.610. The molecule has 1 N–H and O–H groups in total. The third kappa shape index (κ3) is 3.64. The van der Waals surface area contributed by atoms with Crippen LogP contribution in [0, 0.1) is 0 Å². The van der Waals surface area contributed by atoms with Gasteiger partial charge in [0.25, 0.3) is 5.91 Å². The van der Waals surface area contributed by atoms with E-state index >= 15 is 0 Å². The predicted molar refractivity (Wildman–Crippen MR) is 70.5 cm³/mol. The molecule has 6 heteroatoms. The van der Waals surface area contributed by atoms with Gasteiger partial charge in [-0.15, -0.1) is 11.3 Å². The van der Waals surface area contributed by atoms with Crippen LogP contribution < -0.4 is 5.32 Å². The van der Waals surface area contributed by atoms with Crippen LogP contribution in [0.2, 0.25) is 0 Å². The minimum absolute atomic E-state index is 0.0117. The second-order valence-corrected chi connectivity index (χ2v) is 6.55. The van der Waals surface area contributed by atoms with Crippen LogP contribution in [0.5, 0.6) is 0 Å². The van der Waals surface area contributed by atoms with E-state index in [1.54, 1.807) is 0 Å². The van der Waals surface area contributed by atoms with Crippen molar-refractivity contribution in [1.29, 1.82) is 0 Å². The molecular formula is C8H8Br3NOS. The Morgan fingerprint density at radius 3 is 2.71 bits per heavy atom. The molecule has 0 unspecified atom stereocenters. The van der Waals surface area contributed by atoms with Crippen molar-refractivity contribution in [3.8, 4) is 0 Å². The van der Waals surface area contributed by atoms with Crippen LogP contribution in [0.25, 0.3) is 0 Å². The Bertz CT molecular complexity index is 307. The largest absolute Gasteiger partial charge is 0.351 e. The highest BCUT2D eigenvalue weighted by molar-refractivity contribution is 9.13. The number of thiophene rings is 1. The number of rotatable bonds is 4. The number of hydrogen-bond acceptors (Lipinski definition) is 2. The summed E-state index contributed by atoms with van der Waals surface area (Å²) < 4.78 is 1.87. The van der Waals surface area contributed by atoms with E-state index < -0.39 is 0 Å². The van der Waals surface area contributed by atoms with Crippen molar-refractivity contribution in [1.82, 2.24) is 5.32 Å². The average molecular weight is 406 g/mol. The summed E-state index contributed by atoms with van der Waals surface area (Å²) in [7, 11) is 0. The maximum absolute atomic E-state index is 11.5. The number of carbonyl (C=O) groups is 1. The third-order valence-corrected chi connectivity index (χ3v) is 5.28. The lowest BCUT2D eigenvalue weighted by Gasteiger charge is -2.00. The van der Waals surface area contributed by atoms with Gasteiger partial charge in [0.2, 0.25) is 0 Å². The highest BCUT2D eigenvalue weighted by Crippen LogP contribution is 2.32. The number of alkyl halides is 1. The zero-order valence-electron chi connectivity index (χ0n) is 7.15. The highest BCUT2D eigenvalue weighted by atomic mass is 79.9. The van der Waals surface area contributed by atoms with Gasteiger partial charge in [0, 0.05) is 16.3 Å². The first-order valence-corrected chi connectivity index (χ1v) is 7.46. The van der Waals surface area contributed by atoms with Gasteiger partial charge in [0.15, 0.2) is 0 Å². The molecule has 0 saturated heterocycles. The van der Waals surface area contributed by atoms with E-state index in [1.807, 2.05) is 6.07 Å². The highest BCUT2D eigenvalue weighted by Gasteiger charge is 2.10. The second kappa shape index (κ2) is 6.25. The maximum atomic E-state index is 11.5. The van der Waals surface area contributed by atoms with Crippen molar-refractivity contribution in [2.24, 2.45) is 0 Å². The van der Waals surface area contributed by atoms with Crippen molar-refractivity contribution >= 4 is 65.0 Å². The lowest BCUT2D eigenvalue weighted by atomic mass is 10.4. The molecule has 0 aliphatic carbocycles. The first-order chi connectivity index (χ1) is 6.65. The molecule has 1 rings (SSSR count). The van der Waals surface area contributed by atoms with Crippen LogP contribution >= 0.6 is 59.1 Å². The molecule has 1 heterocycles. The van der Waals surface area contributed by atoms with E-state index in [0.717, 1.165) is 24.9 Å². The van der Waals surface area contributed by atoms with E-state index in [1.165, 1.54) is 11.3 Å². The fourth-order valence-electron chi connectivity index (χ4n) is 0.814. The SMILES string of the molecule is O=C(NCCCBr)c1cc(Br)c(Br)s1. The molecule has 0 radical (unpaired) electrons. The number of carbonyl (C=O) groups excluding carboxylic acids is 1. The summed E-state index contributed by atoms with van der Waals surface area (Å²) in [5.74, 6) is -0.0117. The molecule has 0 atom stereocenters. The molecule has 0 aliphatic heterocycles. The smallest absolute Gasteiger partial charge is 0.261 e. The molecular weight excluding hydrogens is 398 g/mol. The third-order valence-electron chi connectivity index (χ3n) is 1.46. The fourth-order valence-corrected chi connectivity index (χ4v) is 3.05. The molecule has 0 spiro atoms. The topological polar surface area (TPSA) is 29.1 Å². The zero-order chi connectivity index (χ0) is 10.6. The van der Waals surface area contributed by atoms with Gasteiger partial charge in [0.1, 0.15) is 0 Å². The van der Waals surface area contributed by atoms with E-state index in [0.29, 0.717) is 6.54 Å². The Morgan fingerprint density at radius 1 is 1.50 bits per heavy atom. The van der Waals surface area contributed by atoms with E-state index in [-0.39, 0.29) is 5.91 Å². The fraction of sp³-hybridized carbons (Fsp3) is 0.375. The molecule has 0 fully saturated rings. The standard InChI is InChI=1S/C8H8Br3NOS/c9-2-1-3-12-8(13)6-4-5(10)7(11)14-6/h4H,1-3H2,(H,12,13). The average Bonchev–Trinajstić information content (AvgIpc) is 2.47. The summed E-state index contributed by atoms with van der Waals surface area (Å²) >= 11 is 11.4. The summed E-state index contributed by atoms with van der Waals surface area (Å²) in [6.45, 7) is 0.706. The van der Waals surface area contributed by atoms with Crippen LogP contribution in [0.4, 0.5) is 0 Å². The van der Waals surface area contributed by atoms with Gasteiger partial charge < -0.3 is 5.32 Å². The zero-order valence-corrected chi connectivity index (χ0v) is 12.7. The first-order valence-electron chi connectivity index (χ1n) is 3.94. The molecule has 14 heavy (non-hydrogen) atoms. The molecule has 78 valence electrons. The Labute approximate surface area is 112 Å². The Balaban J connectivity index is 2.52. The Morgan fingerprint density at radius 2 is 2.21 bits per heavy atom. The van der Waals surface area contributed by atoms with E-state index in [4.69, 9.17) is 0 Å². The molecule has 1 amide bonds. The van der Waals surface area contributed by atoms with Crippen LogP contribution in [0.1, 0.15) is 16.1 Å². The first kappa shape index (κ1) is 12.7. The van der Waals surface area contributed by atoms with Gasteiger partial charge in [-0.05, 0) is 44.3 Å². The van der Waals surface area contributed by atoms with Crippen molar-refractivity contribution in [2.75, 3.05) is 11.9 Å². The van der Waals surface area contributed by atoms with Crippen molar-refractivity contribution < 1.29 is 4.79 Å². The number of nitrogens with one attached hydrogen (secondary N) is 1. The summed E-state index contributed by atoms with van der Waals surface area (Å²) in [4.78, 5) is 12.2. The maximum Gasteiger partial charge on any atom is 0.261 e. The number of hydrogen-bond donors (Lipinski definition) is 1. The van der Waals surface area contributed by atoms with Gasteiger partial charge >= 0.3 is 0 Å². The normalized spacial score (nSPS) is 10.2. The minimum atomic E-state index is -0.0117. The molecule has 1 aromatic heterocycles. The van der Waals surface area contributed by atoms with Crippen molar-refractivity contribution in [3.63, 3.8) is 0 Å². The molecule has 2 nitrogen and oxygen atoms in total. The predicted octanol–water partition coefficient (Wildman–Crippen LogP) is 3.79. The minimum Gasteiger partial charge on any atom is -0.351 e. The quantitative estimate of drug-likeness (QED) is 0.599. The van der Waals surface area contributed by atoms with Gasteiger partial charge in [-0.1, -0.05) is 15.9 Å². The lowest BCUT2D eigenvalue weighted by Crippen LogP contribution is -2.23. The second-order valence-electron chi connectivity index (χ2n) is 2.53.